The van der Waals surface area contributed by atoms with E-state index in [1.54, 1.807) is 5.19 Å². The summed E-state index contributed by atoms with van der Waals surface area (Å²) < 4.78 is 6.18. The molecule has 0 fully saturated rings. The molecule has 0 saturated carbocycles. The molecule has 1 nitrogen and oxygen atoms in total. The SMILES string of the molecule is CCCc1c(O[Si](C)(C)C)cc[c-]1[SiH](C)C.[Cl-].[Cl-].[Zr+4].c1cc[cH-]c1. The van der Waals surface area contributed by atoms with Crippen LogP contribution in [0.5, 0.6) is 5.75 Å². The first-order valence-electron chi connectivity index (χ1n) is 7.99. The van der Waals surface area contributed by atoms with Gasteiger partial charge in [0.2, 0.25) is 8.32 Å². The molecule has 0 spiro atoms. The van der Waals surface area contributed by atoms with Crippen molar-refractivity contribution in [2.75, 3.05) is 0 Å². The molecule has 2 rings (SSSR count). The van der Waals surface area contributed by atoms with Gasteiger partial charge in [0.15, 0.2) is 0 Å². The van der Waals surface area contributed by atoms with Crippen LogP contribution in [0.25, 0.3) is 0 Å². The molecule has 0 bridgehead atoms. The van der Waals surface area contributed by atoms with Gasteiger partial charge in [0.1, 0.15) is 0 Å². The second-order valence-corrected chi connectivity index (χ2v) is 14.1. The topological polar surface area (TPSA) is 9.23 Å². The van der Waals surface area contributed by atoms with Crippen molar-refractivity contribution in [3.05, 3.63) is 48.0 Å². The van der Waals surface area contributed by atoms with Crippen LogP contribution in [0.2, 0.25) is 32.7 Å². The van der Waals surface area contributed by atoms with Crippen LogP contribution in [0.3, 0.4) is 0 Å². The summed E-state index contributed by atoms with van der Waals surface area (Å²) in [6.45, 7) is 13.8. The molecule has 0 atom stereocenters. The molecule has 0 amide bonds. The Morgan fingerprint density at radius 3 is 2.00 bits per heavy atom. The van der Waals surface area contributed by atoms with E-state index in [4.69, 9.17) is 4.43 Å². The van der Waals surface area contributed by atoms with Gasteiger partial charge in [0, 0.05) is 8.80 Å². The third kappa shape index (κ3) is 11.1. The maximum absolute atomic E-state index is 6.18. The molecular formula is C18H30Cl2OSi2Zr. The number of rotatable bonds is 5. The third-order valence-electron chi connectivity index (χ3n) is 3.15. The Kier molecular flexibility index (Phi) is 17.7. The van der Waals surface area contributed by atoms with Crippen molar-refractivity contribution in [3.63, 3.8) is 0 Å². The zero-order valence-electron chi connectivity index (χ0n) is 15.7. The average molecular weight is 481 g/mol. The van der Waals surface area contributed by atoms with Crippen molar-refractivity contribution < 1.29 is 55.4 Å². The summed E-state index contributed by atoms with van der Waals surface area (Å²) in [5, 5.41) is 1.61. The molecule has 0 aromatic heterocycles. The van der Waals surface area contributed by atoms with Crippen LogP contribution >= 0.6 is 0 Å². The van der Waals surface area contributed by atoms with E-state index in [0.717, 1.165) is 0 Å². The summed E-state index contributed by atoms with van der Waals surface area (Å²) in [5.74, 6) is 1.18. The van der Waals surface area contributed by atoms with E-state index in [0.29, 0.717) is 0 Å². The molecule has 0 radical (unpaired) electrons. The van der Waals surface area contributed by atoms with E-state index >= 15 is 0 Å². The number of halogens is 2. The van der Waals surface area contributed by atoms with Crippen molar-refractivity contribution in [1.82, 2.24) is 0 Å². The van der Waals surface area contributed by atoms with Gasteiger partial charge in [-0.25, -0.2) is 12.1 Å². The molecule has 0 unspecified atom stereocenters. The number of hydrogen-bond acceptors (Lipinski definition) is 1. The van der Waals surface area contributed by atoms with Crippen LogP contribution in [-0.4, -0.2) is 17.1 Å². The normalized spacial score (nSPS) is 9.79. The van der Waals surface area contributed by atoms with Crippen molar-refractivity contribution >= 4 is 22.3 Å². The number of hydrogen-bond donors (Lipinski definition) is 0. The standard InChI is InChI=1S/C13H25OSi2.C5H5.2ClH.Zr/c1-7-8-11-12(14-16(4,5)6)9-10-13(11)15(2)3;1-2-4-5-3-1;;;/h9-10,15H,7-8H2,1-6H3;1-5H;2*1H;/q2*-1;;;+4/p-2. The first-order chi connectivity index (χ1) is 9.85. The Balaban J connectivity index is -0.000000475. The molecule has 2 aromatic rings. The van der Waals surface area contributed by atoms with Gasteiger partial charge in [0.05, 0.1) is 0 Å². The van der Waals surface area contributed by atoms with Crippen LogP contribution in [0.4, 0.5) is 0 Å². The summed E-state index contributed by atoms with van der Waals surface area (Å²) in [7, 11) is -2.18. The maximum Gasteiger partial charge on any atom is 4.00 e. The summed E-state index contributed by atoms with van der Waals surface area (Å²) in [5.41, 5.74) is 1.51. The molecule has 134 valence electrons. The summed E-state index contributed by atoms with van der Waals surface area (Å²) >= 11 is 0. The molecule has 0 aliphatic heterocycles. The van der Waals surface area contributed by atoms with Gasteiger partial charge in [0.25, 0.3) is 0 Å². The fourth-order valence-corrected chi connectivity index (χ4v) is 4.63. The van der Waals surface area contributed by atoms with Gasteiger partial charge in [-0.15, -0.1) is 5.56 Å². The predicted octanol–water partition coefficient (Wildman–Crippen LogP) is -1.32. The Labute approximate surface area is 183 Å². The Hall–Kier alpha value is 0.397. The molecule has 2 aromatic carbocycles. The third-order valence-corrected chi connectivity index (χ3v) is 5.77. The monoisotopic (exact) mass is 478 g/mol. The summed E-state index contributed by atoms with van der Waals surface area (Å²) in [4.78, 5) is 0. The average Bonchev–Trinajstić information content (AvgIpc) is 3.01. The molecule has 6 heteroatoms. The molecule has 24 heavy (non-hydrogen) atoms. The predicted molar refractivity (Wildman–Crippen MR) is 101 cm³/mol. The smallest absolute Gasteiger partial charge is 1.00 e. The maximum atomic E-state index is 6.18. The minimum Gasteiger partial charge on any atom is -1.00 e. The molecule has 0 heterocycles. The zero-order valence-corrected chi connectivity index (χ0v) is 21.8. The first kappa shape index (κ1) is 29.2. The van der Waals surface area contributed by atoms with Crippen molar-refractivity contribution in [3.8, 4) is 5.75 Å². The Bertz CT molecular complexity index is 488. The summed E-state index contributed by atoms with van der Waals surface area (Å²) in [6, 6.07) is 14.5. The van der Waals surface area contributed by atoms with E-state index in [2.05, 4.69) is 51.8 Å². The van der Waals surface area contributed by atoms with E-state index in [9.17, 15) is 0 Å². The van der Waals surface area contributed by atoms with E-state index < -0.39 is 17.1 Å². The second-order valence-electron chi connectivity index (χ2n) is 6.71. The molecule has 0 saturated heterocycles. The van der Waals surface area contributed by atoms with E-state index in [1.165, 1.54) is 24.2 Å². The van der Waals surface area contributed by atoms with Crippen LogP contribution < -0.4 is 34.4 Å². The zero-order chi connectivity index (χ0) is 15.9. The van der Waals surface area contributed by atoms with Crippen molar-refractivity contribution in [2.45, 2.75) is 52.5 Å². The van der Waals surface area contributed by atoms with Crippen LogP contribution in [0.1, 0.15) is 18.9 Å². The quantitative estimate of drug-likeness (QED) is 0.381. The van der Waals surface area contributed by atoms with Crippen LogP contribution in [0, 0.1) is 0 Å². The van der Waals surface area contributed by atoms with Crippen molar-refractivity contribution in [2.24, 2.45) is 0 Å². The molecule has 0 aliphatic carbocycles. The van der Waals surface area contributed by atoms with Gasteiger partial charge in [-0.05, 0) is 26.1 Å². The van der Waals surface area contributed by atoms with Gasteiger partial charge in [-0.2, -0.15) is 35.5 Å². The first-order valence-corrected chi connectivity index (χ1v) is 14.3. The molecular weight excluding hydrogens is 450 g/mol. The van der Waals surface area contributed by atoms with Gasteiger partial charge >= 0.3 is 26.2 Å². The summed E-state index contributed by atoms with van der Waals surface area (Å²) in [6.07, 6.45) is 2.38. The molecule has 0 N–H and O–H groups in total. The largest absolute Gasteiger partial charge is 4.00 e. The second kappa shape index (κ2) is 14.6. The Morgan fingerprint density at radius 1 is 1.12 bits per heavy atom. The van der Waals surface area contributed by atoms with Crippen LogP contribution in [0.15, 0.2) is 42.5 Å². The minimum absolute atomic E-state index is 0. The fraction of sp³-hybridized carbons (Fsp3) is 0.444. The Morgan fingerprint density at radius 2 is 1.67 bits per heavy atom. The van der Waals surface area contributed by atoms with E-state index in [-0.39, 0.29) is 51.0 Å². The van der Waals surface area contributed by atoms with Crippen LogP contribution in [-0.2, 0) is 32.6 Å². The minimum atomic E-state index is -1.46. The fourth-order valence-electron chi connectivity index (χ4n) is 2.31. The van der Waals surface area contributed by atoms with Crippen molar-refractivity contribution in [1.29, 1.82) is 0 Å². The van der Waals surface area contributed by atoms with Gasteiger partial charge < -0.3 is 29.2 Å². The van der Waals surface area contributed by atoms with E-state index in [1.807, 2.05) is 30.3 Å². The van der Waals surface area contributed by atoms with Gasteiger partial charge in [-0.1, -0.05) is 32.2 Å². The molecule has 0 aliphatic rings. The van der Waals surface area contributed by atoms with Gasteiger partial charge in [-0.3, -0.25) is 0 Å².